The van der Waals surface area contributed by atoms with Crippen molar-refractivity contribution < 1.29 is 29.1 Å². The van der Waals surface area contributed by atoms with E-state index in [-0.39, 0.29) is 30.6 Å². The fraction of sp³-hybridized carbons (Fsp3) is 0.231. The van der Waals surface area contributed by atoms with Crippen molar-refractivity contribution in [2.24, 2.45) is 5.92 Å². The predicted molar refractivity (Wildman–Crippen MR) is 70.7 cm³/mol. The zero-order valence-electron chi connectivity index (χ0n) is 9.66. The van der Waals surface area contributed by atoms with Crippen molar-refractivity contribution in [1.82, 2.24) is 0 Å². The maximum absolute atomic E-state index is 13.1. The van der Waals surface area contributed by atoms with Gasteiger partial charge in [-0.25, -0.2) is 0 Å². The summed E-state index contributed by atoms with van der Waals surface area (Å²) in [7, 11) is 0. The standard InChI is InChI=1S/C13H12F.2ClH.Zr/c1-9-6-10(2)13(7-9)11-4-3-5-12(14)8-11;;;/h3-5,7-9H,1-2H3;2*1H;. The molecule has 0 aromatic heterocycles. The average molecular weight is 351 g/mol. The van der Waals surface area contributed by atoms with Gasteiger partial charge in [-0.3, -0.25) is 0 Å². The largest absolute Gasteiger partial charge is 0.147 e. The third-order valence-corrected chi connectivity index (χ3v) is 4.86. The summed E-state index contributed by atoms with van der Waals surface area (Å²) < 4.78 is 14.6. The number of hydrogen-bond donors (Lipinski definition) is 0. The van der Waals surface area contributed by atoms with E-state index in [0.29, 0.717) is 5.92 Å². The summed E-state index contributed by atoms with van der Waals surface area (Å²) in [5.41, 5.74) is 3.52. The van der Waals surface area contributed by atoms with E-state index in [4.69, 9.17) is 0 Å². The smallest absolute Gasteiger partial charge is 0.147 e. The summed E-state index contributed by atoms with van der Waals surface area (Å²) in [6, 6.07) is 6.83. The van der Waals surface area contributed by atoms with E-state index < -0.39 is 0 Å². The first kappa shape index (κ1) is 17.1. The van der Waals surface area contributed by atoms with Crippen molar-refractivity contribution in [1.29, 1.82) is 0 Å². The van der Waals surface area contributed by atoms with E-state index in [0.717, 1.165) is 5.56 Å². The molecule has 1 aromatic rings. The second-order valence-corrected chi connectivity index (χ2v) is 5.24. The second kappa shape index (κ2) is 6.87. The van der Waals surface area contributed by atoms with Crippen molar-refractivity contribution in [3.8, 4) is 0 Å². The maximum Gasteiger partial charge on any atom is -0.147 e. The Morgan fingerprint density at radius 2 is 1.88 bits per heavy atom. The molecule has 4 heteroatoms. The van der Waals surface area contributed by atoms with Gasteiger partial charge in [0.1, 0.15) is 0 Å². The van der Waals surface area contributed by atoms with Gasteiger partial charge in [0.2, 0.25) is 0 Å². The van der Waals surface area contributed by atoms with E-state index in [1.807, 2.05) is 6.07 Å². The fourth-order valence-electron chi connectivity index (χ4n) is 1.91. The molecule has 0 spiro atoms. The van der Waals surface area contributed by atoms with Crippen LogP contribution in [-0.2, 0) is 24.7 Å². The Balaban J connectivity index is 0.00000128. The van der Waals surface area contributed by atoms with Crippen LogP contribution >= 0.6 is 24.8 Å². The quantitative estimate of drug-likeness (QED) is 0.698. The van der Waals surface area contributed by atoms with Gasteiger partial charge in [0.15, 0.2) is 0 Å². The van der Waals surface area contributed by atoms with Crippen LogP contribution < -0.4 is 0 Å². The van der Waals surface area contributed by atoms with Crippen LogP contribution in [0.15, 0.2) is 39.2 Å². The topological polar surface area (TPSA) is 0 Å². The normalized spacial score (nSPS) is 18.2. The molecule has 0 nitrogen and oxygen atoms in total. The third-order valence-electron chi connectivity index (χ3n) is 2.82. The van der Waals surface area contributed by atoms with Crippen molar-refractivity contribution in [2.45, 2.75) is 13.8 Å². The molecule has 1 aliphatic carbocycles. The molecule has 0 fully saturated rings. The Morgan fingerprint density at radius 3 is 2.35 bits per heavy atom. The van der Waals surface area contributed by atoms with Crippen LogP contribution in [0.5, 0.6) is 0 Å². The minimum absolute atomic E-state index is 0. The minimum Gasteiger partial charge on any atom is -0.147 e. The molecule has 17 heavy (non-hydrogen) atoms. The van der Waals surface area contributed by atoms with Gasteiger partial charge in [-0.2, -0.15) is 0 Å². The molecule has 0 amide bonds. The summed E-state index contributed by atoms with van der Waals surface area (Å²) in [4.78, 5) is 0. The first-order chi connectivity index (χ1) is 7.09. The Hall–Kier alpha value is 0.0931. The zero-order valence-corrected chi connectivity index (χ0v) is 13.7. The van der Waals surface area contributed by atoms with E-state index in [1.165, 1.54) is 45.2 Å². The summed E-state index contributed by atoms with van der Waals surface area (Å²) in [6.45, 7) is 4.32. The molecule has 1 aromatic carbocycles. The third kappa shape index (κ3) is 3.53. The van der Waals surface area contributed by atoms with Crippen LogP contribution in [0.25, 0.3) is 5.57 Å². The van der Waals surface area contributed by atoms with E-state index in [2.05, 4.69) is 19.9 Å². The predicted octanol–water partition coefficient (Wildman–Crippen LogP) is 4.52. The second-order valence-electron chi connectivity index (χ2n) is 3.92. The van der Waals surface area contributed by atoms with Crippen molar-refractivity contribution in [3.63, 3.8) is 0 Å². The number of benzene rings is 1. The Morgan fingerprint density at radius 1 is 1.24 bits per heavy atom. The van der Waals surface area contributed by atoms with Crippen LogP contribution in [0.1, 0.15) is 19.4 Å². The van der Waals surface area contributed by atoms with Crippen LogP contribution in [0.4, 0.5) is 4.39 Å². The molecule has 0 aliphatic heterocycles. The monoisotopic (exact) mass is 349 g/mol. The Labute approximate surface area is 129 Å². The maximum atomic E-state index is 13.1. The Bertz CT molecular complexity index is 466. The molecule has 0 saturated carbocycles. The summed E-state index contributed by atoms with van der Waals surface area (Å²) >= 11 is 1.46. The van der Waals surface area contributed by atoms with Gasteiger partial charge in [0.05, 0.1) is 0 Å². The summed E-state index contributed by atoms with van der Waals surface area (Å²) in [5.74, 6) is 0.354. The summed E-state index contributed by atoms with van der Waals surface area (Å²) in [6.07, 6.45) is 2.23. The van der Waals surface area contributed by atoms with Gasteiger partial charge >= 0.3 is 105 Å². The van der Waals surface area contributed by atoms with E-state index in [1.54, 1.807) is 12.1 Å². The van der Waals surface area contributed by atoms with Crippen LogP contribution in [0.2, 0.25) is 0 Å². The molecule has 2 rings (SSSR count). The first-order valence-corrected chi connectivity index (χ1v) is 6.23. The minimum atomic E-state index is -0.161. The molecule has 0 heterocycles. The van der Waals surface area contributed by atoms with Gasteiger partial charge < -0.3 is 0 Å². The molecule has 0 bridgehead atoms. The molecule has 1 atom stereocenters. The van der Waals surface area contributed by atoms with Crippen molar-refractivity contribution >= 4 is 30.4 Å². The number of allylic oxidation sites excluding steroid dienone is 4. The molecular weight excluding hydrogens is 337 g/mol. The first-order valence-electron chi connectivity index (χ1n) is 5.00. The molecule has 0 saturated heterocycles. The summed E-state index contributed by atoms with van der Waals surface area (Å²) in [5, 5.41) is 0. The van der Waals surface area contributed by atoms with Gasteiger partial charge in [0.25, 0.3) is 0 Å². The number of hydrogen-bond acceptors (Lipinski definition) is 0. The van der Waals surface area contributed by atoms with Crippen molar-refractivity contribution in [2.75, 3.05) is 0 Å². The van der Waals surface area contributed by atoms with Crippen LogP contribution in [0, 0.1) is 11.7 Å². The van der Waals surface area contributed by atoms with Gasteiger partial charge in [-0.1, -0.05) is 0 Å². The van der Waals surface area contributed by atoms with Crippen LogP contribution in [-0.4, -0.2) is 0 Å². The molecule has 0 radical (unpaired) electrons. The molecule has 1 unspecified atom stereocenters. The average Bonchev–Trinajstić information content (AvgIpc) is 2.46. The number of rotatable bonds is 1. The molecular formula is C13H14Cl2FZr. The van der Waals surface area contributed by atoms with Gasteiger partial charge in [-0.05, 0) is 0 Å². The SMILES string of the molecule is CC1=[C]([Zr])C(C)C=C1c1cccc(F)c1.Cl.Cl. The fourth-order valence-corrected chi connectivity index (χ4v) is 2.45. The molecule has 1 aliphatic rings. The van der Waals surface area contributed by atoms with Gasteiger partial charge in [-0.15, -0.1) is 24.8 Å². The van der Waals surface area contributed by atoms with E-state index >= 15 is 0 Å². The number of halogens is 3. The van der Waals surface area contributed by atoms with Crippen molar-refractivity contribution in [3.05, 3.63) is 50.6 Å². The van der Waals surface area contributed by atoms with Gasteiger partial charge in [0, 0.05) is 0 Å². The van der Waals surface area contributed by atoms with E-state index in [9.17, 15) is 4.39 Å². The zero-order chi connectivity index (χ0) is 11.0. The molecule has 91 valence electrons. The van der Waals surface area contributed by atoms with Crippen LogP contribution in [0.3, 0.4) is 0 Å². The molecule has 0 N–H and O–H groups in total. The Kier molecular flexibility index (Phi) is 6.91.